The quantitative estimate of drug-likeness (QED) is 0.698. The lowest BCUT2D eigenvalue weighted by Crippen LogP contribution is -2.27. The molecule has 2 aromatic rings. The number of thiazole rings is 1. The first-order chi connectivity index (χ1) is 12.1. The van der Waals surface area contributed by atoms with E-state index in [1.807, 2.05) is 18.2 Å². The zero-order chi connectivity index (χ0) is 18.2. The molecule has 0 fully saturated rings. The molecular weight excluding hydrogens is 340 g/mol. The largest absolute Gasteiger partial charge is 0.497 e. The van der Waals surface area contributed by atoms with Crippen LogP contribution < -0.4 is 9.47 Å². The molecule has 1 aromatic carbocycles. The third kappa shape index (κ3) is 5.44. The number of aliphatic carboxylic acids is 1. The van der Waals surface area contributed by atoms with Crippen LogP contribution in [-0.2, 0) is 11.2 Å². The minimum Gasteiger partial charge on any atom is -0.497 e. The van der Waals surface area contributed by atoms with Crippen LogP contribution in [0.4, 0.5) is 0 Å². The van der Waals surface area contributed by atoms with Crippen molar-refractivity contribution >= 4 is 17.3 Å². The Balaban J connectivity index is 2.19. The maximum absolute atomic E-state index is 10.8. The molecule has 6 nitrogen and oxygen atoms in total. The molecule has 1 N–H and O–H groups in total. The average Bonchev–Trinajstić information content (AvgIpc) is 3.06. The minimum atomic E-state index is -0.887. The highest BCUT2D eigenvalue weighted by Crippen LogP contribution is 2.35. The van der Waals surface area contributed by atoms with Gasteiger partial charge in [-0.1, -0.05) is 13.8 Å². The maximum atomic E-state index is 10.8. The molecule has 1 heterocycles. The van der Waals surface area contributed by atoms with E-state index in [1.54, 1.807) is 12.5 Å². The van der Waals surface area contributed by atoms with Crippen LogP contribution in [0.5, 0.6) is 11.5 Å². The van der Waals surface area contributed by atoms with Crippen LogP contribution in [-0.4, -0.2) is 54.3 Å². The first-order valence-corrected chi connectivity index (χ1v) is 9.15. The van der Waals surface area contributed by atoms with E-state index in [4.69, 9.17) is 14.6 Å². The number of hydrogen-bond acceptors (Lipinski definition) is 6. The van der Waals surface area contributed by atoms with Crippen molar-refractivity contribution in [2.45, 2.75) is 20.3 Å². The molecule has 0 bridgehead atoms. The molecule has 0 radical (unpaired) electrons. The zero-order valence-corrected chi connectivity index (χ0v) is 15.6. The van der Waals surface area contributed by atoms with Gasteiger partial charge in [-0.05, 0) is 25.2 Å². The van der Waals surface area contributed by atoms with Crippen molar-refractivity contribution in [2.75, 3.05) is 33.4 Å². The summed E-state index contributed by atoms with van der Waals surface area (Å²) >= 11 is 1.42. The first-order valence-electron chi connectivity index (χ1n) is 8.27. The Labute approximate surface area is 152 Å². The van der Waals surface area contributed by atoms with Gasteiger partial charge in [0.05, 0.1) is 24.8 Å². The maximum Gasteiger partial charge on any atom is 0.309 e. The third-order valence-electron chi connectivity index (χ3n) is 3.86. The fourth-order valence-electron chi connectivity index (χ4n) is 2.42. The van der Waals surface area contributed by atoms with Crippen molar-refractivity contribution < 1.29 is 19.4 Å². The molecule has 0 aliphatic rings. The number of hydrogen-bond donors (Lipinski definition) is 1. The number of carboxylic acids is 1. The number of carbonyl (C=O) groups is 1. The van der Waals surface area contributed by atoms with Crippen LogP contribution in [0.15, 0.2) is 23.6 Å². The SMILES string of the molecule is CCN(CC)CCOc1cc(OC)ccc1-c1nc(CC(=O)O)cs1. The summed E-state index contributed by atoms with van der Waals surface area (Å²) < 4.78 is 11.3. The molecule has 0 unspecified atom stereocenters. The molecule has 0 saturated carbocycles. The minimum absolute atomic E-state index is 0.0786. The van der Waals surface area contributed by atoms with Gasteiger partial charge in [0.25, 0.3) is 0 Å². The summed E-state index contributed by atoms with van der Waals surface area (Å²) in [6.45, 7) is 7.62. The number of nitrogens with zero attached hydrogens (tertiary/aromatic N) is 2. The average molecular weight is 364 g/mol. The van der Waals surface area contributed by atoms with Gasteiger partial charge in [0.1, 0.15) is 23.1 Å². The molecule has 25 heavy (non-hydrogen) atoms. The van der Waals surface area contributed by atoms with Crippen molar-refractivity contribution in [1.82, 2.24) is 9.88 Å². The number of likely N-dealkylation sites (N-methyl/N-ethyl adjacent to an activating group) is 1. The smallest absolute Gasteiger partial charge is 0.309 e. The fourth-order valence-corrected chi connectivity index (χ4v) is 3.27. The highest BCUT2D eigenvalue weighted by molar-refractivity contribution is 7.13. The second-order valence-corrected chi connectivity index (χ2v) is 6.31. The monoisotopic (exact) mass is 364 g/mol. The van der Waals surface area contributed by atoms with Crippen LogP contribution in [0.3, 0.4) is 0 Å². The van der Waals surface area contributed by atoms with Crippen molar-refractivity contribution in [3.05, 3.63) is 29.3 Å². The van der Waals surface area contributed by atoms with Gasteiger partial charge >= 0.3 is 5.97 Å². The number of rotatable bonds is 10. The van der Waals surface area contributed by atoms with Gasteiger partial charge in [0, 0.05) is 18.0 Å². The summed E-state index contributed by atoms with van der Waals surface area (Å²) in [6, 6.07) is 5.59. The molecule has 136 valence electrons. The molecule has 0 atom stereocenters. The van der Waals surface area contributed by atoms with Crippen molar-refractivity contribution in [3.63, 3.8) is 0 Å². The van der Waals surface area contributed by atoms with Gasteiger partial charge in [-0.3, -0.25) is 4.79 Å². The van der Waals surface area contributed by atoms with Gasteiger partial charge in [-0.15, -0.1) is 11.3 Å². The second-order valence-electron chi connectivity index (χ2n) is 5.45. The van der Waals surface area contributed by atoms with Gasteiger partial charge < -0.3 is 19.5 Å². The zero-order valence-electron chi connectivity index (χ0n) is 14.8. The summed E-state index contributed by atoms with van der Waals surface area (Å²) in [4.78, 5) is 17.6. The summed E-state index contributed by atoms with van der Waals surface area (Å²) in [6.07, 6.45) is -0.0786. The Morgan fingerprint density at radius 2 is 2.08 bits per heavy atom. The van der Waals surface area contributed by atoms with Crippen molar-refractivity contribution in [2.24, 2.45) is 0 Å². The fraction of sp³-hybridized carbons (Fsp3) is 0.444. The van der Waals surface area contributed by atoms with E-state index in [0.29, 0.717) is 23.8 Å². The molecule has 1 aromatic heterocycles. The Hall–Kier alpha value is -2.12. The van der Waals surface area contributed by atoms with Crippen molar-refractivity contribution in [1.29, 1.82) is 0 Å². The van der Waals surface area contributed by atoms with Gasteiger partial charge in [-0.25, -0.2) is 4.98 Å². The van der Waals surface area contributed by atoms with Crippen LogP contribution in [0.2, 0.25) is 0 Å². The summed E-state index contributed by atoms with van der Waals surface area (Å²) in [5, 5.41) is 11.4. The number of benzene rings is 1. The molecule has 0 saturated heterocycles. The Bertz CT molecular complexity index is 698. The standard InChI is InChI=1S/C18H24N2O4S/c1-4-20(5-2)8-9-24-16-11-14(23-3)6-7-15(16)18-19-13(12-25-18)10-17(21)22/h6-7,11-12H,4-5,8-10H2,1-3H3,(H,21,22). The predicted molar refractivity (Wildman–Crippen MR) is 98.7 cm³/mol. The number of aromatic nitrogens is 1. The Kier molecular flexibility index (Phi) is 7.21. The van der Waals surface area contributed by atoms with E-state index >= 15 is 0 Å². The normalized spacial score (nSPS) is 10.9. The lowest BCUT2D eigenvalue weighted by atomic mass is 10.2. The summed E-state index contributed by atoms with van der Waals surface area (Å²) in [7, 11) is 1.61. The lowest BCUT2D eigenvalue weighted by Gasteiger charge is -2.19. The van der Waals surface area contributed by atoms with Crippen LogP contribution in [0.1, 0.15) is 19.5 Å². The van der Waals surface area contributed by atoms with Crippen LogP contribution in [0, 0.1) is 0 Å². The Morgan fingerprint density at radius 1 is 1.32 bits per heavy atom. The molecule has 2 rings (SSSR count). The van der Waals surface area contributed by atoms with Gasteiger partial charge in [-0.2, -0.15) is 0 Å². The summed E-state index contributed by atoms with van der Waals surface area (Å²) in [5.41, 5.74) is 1.40. The van der Waals surface area contributed by atoms with Crippen LogP contribution in [0.25, 0.3) is 10.6 Å². The van der Waals surface area contributed by atoms with E-state index in [0.717, 1.165) is 30.2 Å². The molecule has 7 heteroatoms. The summed E-state index contributed by atoms with van der Waals surface area (Å²) in [5.74, 6) is 0.522. The first kappa shape index (κ1) is 19.2. The molecule has 0 spiro atoms. The van der Waals surface area contributed by atoms with E-state index in [2.05, 4.69) is 23.7 Å². The number of methoxy groups -OCH3 is 1. The predicted octanol–water partition coefficient (Wildman–Crippen LogP) is 3.17. The lowest BCUT2D eigenvalue weighted by molar-refractivity contribution is -0.136. The highest BCUT2D eigenvalue weighted by atomic mass is 32.1. The third-order valence-corrected chi connectivity index (χ3v) is 4.79. The van der Waals surface area contributed by atoms with Crippen molar-refractivity contribution in [3.8, 4) is 22.1 Å². The van der Waals surface area contributed by atoms with Gasteiger partial charge in [0.15, 0.2) is 0 Å². The second kappa shape index (κ2) is 9.39. The van der Waals surface area contributed by atoms with E-state index in [9.17, 15) is 4.79 Å². The molecular formula is C18H24N2O4S. The molecule has 0 aliphatic heterocycles. The van der Waals surface area contributed by atoms with E-state index in [-0.39, 0.29) is 6.42 Å². The van der Waals surface area contributed by atoms with Crippen LogP contribution >= 0.6 is 11.3 Å². The van der Waals surface area contributed by atoms with E-state index < -0.39 is 5.97 Å². The topological polar surface area (TPSA) is 71.9 Å². The number of ether oxygens (including phenoxy) is 2. The Morgan fingerprint density at radius 3 is 2.72 bits per heavy atom. The highest BCUT2D eigenvalue weighted by Gasteiger charge is 2.14. The van der Waals surface area contributed by atoms with E-state index in [1.165, 1.54) is 11.3 Å². The number of carboxylic acid groups (broad SMARTS) is 1. The van der Waals surface area contributed by atoms with Gasteiger partial charge in [0.2, 0.25) is 0 Å². The molecule has 0 aliphatic carbocycles. The molecule has 0 amide bonds.